The van der Waals surface area contributed by atoms with Crippen LogP contribution in [0.2, 0.25) is 0 Å². The molecule has 4 heteroatoms. The van der Waals surface area contributed by atoms with Crippen LogP contribution < -0.4 is 5.32 Å². The van der Waals surface area contributed by atoms with E-state index in [9.17, 15) is 4.79 Å². The maximum Gasteiger partial charge on any atom is 0.229 e. The highest BCUT2D eigenvalue weighted by atomic mass is 16.1. The van der Waals surface area contributed by atoms with E-state index in [1.807, 2.05) is 19.1 Å². The quantitative estimate of drug-likeness (QED) is 0.870. The normalized spacial score (nSPS) is 10.4. The Balaban J connectivity index is 2.03. The number of rotatable bonds is 3. The van der Waals surface area contributed by atoms with Crippen molar-refractivity contribution in [3.63, 3.8) is 0 Å². The first-order valence-corrected chi connectivity index (χ1v) is 5.92. The Bertz CT molecular complexity index is 572. The third-order valence-corrected chi connectivity index (χ3v) is 3.03. The topological polar surface area (TPSA) is 57.8 Å². The smallest absolute Gasteiger partial charge is 0.229 e. The highest BCUT2D eigenvalue weighted by Crippen LogP contribution is 2.12. The minimum atomic E-state index is -0.0365. The molecule has 0 fully saturated rings. The molecule has 0 saturated carbocycles. The summed E-state index contributed by atoms with van der Waals surface area (Å²) in [5, 5.41) is 9.44. The van der Waals surface area contributed by atoms with Crippen molar-refractivity contribution in [2.24, 2.45) is 0 Å². The van der Waals surface area contributed by atoms with Gasteiger partial charge in [0.1, 0.15) is 5.82 Å². The average Bonchev–Trinajstić information content (AvgIpc) is 2.70. The molecule has 0 aliphatic heterocycles. The molecule has 2 rings (SSSR count). The van der Waals surface area contributed by atoms with Crippen molar-refractivity contribution in [2.45, 2.75) is 27.2 Å². The van der Waals surface area contributed by atoms with E-state index >= 15 is 0 Å². The first kappa shape index (κ1) is 12.4. The van der Waals surface area contributed by atoms with Crippen molar-refractivity contribution in [1.29, 1.82) is 0 Å². The van der Waals surface area contributed by atoms with Crippen LogP contribution in [0.4, 0.5) is 5.82 Å². The maximum absolute atomic E-state index is 11.9. The molecule has 18 heavy (non-hydrogen) atoms. The predicted octanol–water partition coefficient (Wildman–Crippen LogP) is 2.52. The second-order valence-corrected chi connectivity index (χ2v) is 4.57. The van der Waals surface area contributed by atoms with Crippen molar-refractivity contribution in [3.8, 4) is 0 Å². The molecule has 0 unspecified atom stereocenters. The highest BCUT2D eigenvalue weighted by Gasteiger charge is 2.07. The van der Waals surface area contributed by atoms with E-state index < -0.39 is 0 Å². The summed E-state index contributed by atoms with van der Waals surface area (Å²) < 4.78 is 0. The zero-order valence-corrected chi connectivity index (χ0v) is 10.9. The van der Waals surface area contributed by atoms with E-state index in [0.29, 0.717) is 12.2 Å². The number of hydrogen-bond acceptors (Lipinski definition) is 2. The Morgan fingerprint density at radius 2 is 2.00 bits per heavy atom. The van der Waals surface area contributed by atoms with E-state index in [0.717, 1.165) is 11.1 Å². The van der Waals surface area contributed by atoms with Gasteiger partial charge < -0.3 is 5.32 Å². The van der Waals surface area contributed by atoms with Gasteiger partial charge in [-0.15, -0.1) is 0 Å². The lowest BCUT2D eigenvalue weighted by Gasteiger charge is -2.06. The molecule has 1 aromatic heterocycles. The SMILES string of the molecule is Cc1ccc(CC(=O)Nc2[nH]ncc2C)cc1C. The van der Waals surface area contributed by atoms with Crippen LogP contribution in [0.5, 0.6) is 0 Å². The second kappa shape index (κ2) is 5.04. The van der Waals surface area contributed by atoms with E-state index in [1.54, 1.807) is 6.20 Å². The summed E-state index contributed by atoms with van der Waals surface area (Å²) in [5.41, 5.74) is 4.40. The molecule has 4 nitrogen and oxygen atoms in total. The van der Waals surface area contributed by atoms with Crippen LogP contribution >= 0.6 is 0 Å². The molecule has 0 atom stereocenters. The number of carbonyl (C=O) groups excluding carboxylic acids is 1. The van der Waals surface area contributed by atoms with Gasteiger partial charge in [0, 0.05) is 5.56 Å². The number of H-pyrrole nitrogens is 1. The van der Waals surface area contributed by atoms with E-state index in [4.69, 9.17) is 0 Å². The molecule has 0 spiro atoms. The van der Waals surface area contributed by atoms with Crippen LogP contribution in [0.25, 0.3) is 0 Å². The number of nitrogens with zero attached hydrogens (tertiary/aromatic N) is 1. The summed E-state index contributed by atoms with van der Waals surface area (Å²) in [6, 6.07) is 6.08. The van der Waals surface area contributed by atoms with Gasteiger partial charge >= 0.3 is 0 Å². The number of aryl methyl sites for hydroxylation is 3. The van der Waals surface area contributed by atoms with Crippen molar-refractivity contribution in [1.82, 2.24) is 10.2 Å². The first-order chi connectivity index (χ1) is 8.56. The first-order valence-electron chi connectivity index (χ1n) is 5.92. The Kier molecular flexibility index (Phi) is 3.46. The number of nitrogens with one attached hydrogen (secondary N) is 2. The number of carbonyl (C=O) groups is 1. The lowest BCUT2D eigenvalue weighted by atomic mass is 10.0. The van der Waals surface area contributed by atoms with Gasteiger partial charge in [-0.05, 0) is 37.5 Å². The van der Waals surface area contributed by atoms with Crippen LogP contribution in [-0.2, 0) is 11.2 Å². The van der Waals surface area contributed by atoms with Crippen LogP contribution in [-0.4, -0.2) is 16.1 Å². The molecule has 1 aromatic carbocycles. The standard InChI is InChI=1S/C14H17N3O/c1-9-4-5-12(6-10(9)2)7-13(18)16-14-11(3)8-15-17-14/h4-6,8H,7H2,1-3H3,(H2,15,16,17,18). The minimum absolute atomic E-state index is 0.0365. The van der Waals surface area contributed by atoms with Gasteiger partial charge in [-0.2, -0.15) is 5.10 Å². The van der Waals surface area contributed by atoms with Crippen molar-refractivity contribution in [3.05, 3.63) is 46.6 Å². The van der Waals surface area contributed by atoms with Gasteiger partial charge in [-0.25, -0.2) is 0 Å². The van der Waals surface area contributed by atoms with Gasteiger partial charge in [-0.1, -0.05) is 18.2 Å². The van der Waals surface area contributed by atoms with Crippen LogP contribution in [0.15, 0.2) is 24.4 Å². The lowest BCUT2D eigenvalue weighted by Crippen LogP contribution is -2.15. The van der Waals surface area contributed by atoms with Crippen molar-refractivity contribution in [2.75, 3.05) is 5.32 Å². The molecular formula is C14H17N3O. The molecule has 1 amide bonds. The van der Waals surface area contributed by atoms with Crippen LogP contribution in [0, 0.1) is 20.8 Å². The summed E-state index contributed by atoms with van der Waals surface area (Å²) in [4.78, 5) is 11.9. The molecule has 0 saturated heterocycles. The lowest BCUT2D eigenvalue weighted by molar-refractivity contribution is -0.115. The number of hydrogen-bond donors (Lipinski definition) is 2. The summed E-state index contributed by atoms with van der Waals surface area (Å²) in [7, 11) is 0. The molecular weight excluding hydrogens is 226 g/mol. The molecule has 0 aliphatic rings. The number of aromatic nitrogens is 2. The fourth-order valence-corrected chi connectivity index (χ4v) is 1.76. The van der Waals surface area contributed by atoms with Crippen molar-refractivity contribution >= 4 is 11.7 Å². The third kappa shape index (κ3) is 2.77. The molecule has 0 aliphatic carbocycles. The largest absolute Gasteiger partial charge is 0.311 e. The van der Waals surface area contributed by atoms with E-state index in [-0.39, 0.29) is 5.91 Å². The van der Waals surface area contributed by atoms with Gasteiger partial charge in [-0.3, -0.25) is 9.89 Å². The molecule has 0 bridgehead atoms. The minimum Gasteiger partial charge on any atom is -0.311 e. The number of anilines is 1. The van der Waals surface area contributed by atoms with E-state index in [2.05, 4.69) is 35.4 Å². The number of amides is 1. The molecule has 2 aromatic rings. The zero-order chi connectivity index (χ0) is 13.1. The van der Waals surface area contributed by atoms with Crippen LogP contribution in [0.3, 0.4) is 0 Å². The molecule has 94 valence electrons. The average molecular weight is 243 g/mol. The number of aromatic amines is 1. The zero-order valence-electron chi connectivity index (χ0n) is 10.9. The maximum atomic E-state index is 11.9. The fourth-order valence-electron chi connectivity index (χ4n) is 1.76. The Morgan fingerprint density at radius 1 is 1.22 bits per heavy atom. The number of benzene rings is 1. The second-order valence-electron chi connectivity index (χ2n) is 4.57. The molecule has 0 radical (unpaired) electrons. The fraction of sp³-hybridized carbons (Fsp3) is 0.286. The van der Waals surface area contributed by atoms with Crippen molar-refractivity contribution < 1.29 is 4.79 Å². The van der Waals surface area contributed by atoms with Crippen LogP contribution in [0.1, 0.15) is 22.3 Å². The Hall–Kier alpha value is -2.10. The van der Waals surface area contributed by atoms with Gasteiger partial charge in [0.25, 0.3) is 0 Å². The predicted molar refractivity (Wildman–Crippen MR) is 71.6 cm³/mol. The summed E-state index contributed by atoms with van der Waals surface area (Å²) in [6.45, 7) is 6.01. The van der Waals surface area contributed by atoms with Gasteiger partial charge in [0.15, 0.2) is 0 Å². The summed E-state index contributed by atoms with van der Waals surface area (Å²) in [5.74, 6) is 0.634. The Morgan fingerprint density at radius 3 is 2.61 bits per heavy atom. The summed E-state index contributed by atoms with van der Waals surface area (Å²) >= 11 is 0. The third-order valence-electron chi connectivity index (χ3n) is 3.03. The molecule has 2 N–H and O–H groups in total. The monoisotopic (exact) mass is 243 g/mol. The van der Waals surface area contributed by atoms with Gasteiger partial charge in [0.2, 0.25) is 5.91 Å². The highest BCUT2D eigenvalue weighted by molar-refractivity contribution is 5.91. The van der Waals surface area contributed by atoms with Gasteiger partial charge in [0.05, 0.1) is 12.6 Å². The molecule has 1 heterocycles. The summed E-state index contributed by atoms with van der Waals surface area (Å²) in [6.07, 6.45) is 2.06. The van der Waals surface area contributed by atoms with E-state index in [1.165, 1.54) is 11.1 Å². The Labute approximate surface area is 106 Å².